The zero-order chi connectivity index (χ0) is 15.3. The Hall–Kier alpha value is -0.730. The zero-order valence-electron chi connectivity index (χ0n) is 12.6. The van der Waals surface area contributed by atoms with Gasteiger partial charge >= 0.3 is 0 Å². The second-order valence-electron chi connectivity index (χ2n) is 7.16. The van der Waals surface area contributed by atoms with Gasteiger partial charge in [-0.2, -0.15) is 0 Å². The van der Waals surface area contributed by atoms with Crippen LogP contribution in [0.25, 0.3) is 0 Å². The molecule has 2 aliphatic carbocycles. The Morgan fingerprint density at radius 1 is 1.09 bits per heavy atom. The van der Waals surface area contributed by atoms with E-state index in [0.717, 1.165) is 30.4 Å². The summed E-state index contributed by atoms with van der Waals surface area (Å²) in [6, 6.07) is 6.08. The number of halogens is 2. The molecule has 118 valence electrons. The topological polar surface area (TPSA) is 20.3 Å². The summed E-state index contributed by atoms with van der Waals surface area (Å²) in [4.78, 5) is 15.0. The van der Waals surface area contributed by atoms with Crippen LogP contribution in [0.15, 0.2) is 18.2 Å². The average Bonchev–Trinajstić information content (AvgIpc) is 3.19. The highest BCUT2D eigenvalue weighted by atomic mass is 35.5. The summed E-state index contributed by atoms with van der Waals surface area (Å²) in [6.07, 6.45) is 6.89. The molecule has 0 spiro atoms. The van der Waals surface area contributed by atoms with Crippen LogP contribution in [0.2, 0.25) is 10.0 Å². The van der Waals surface area contributed by atoms with Crippen molar-refractivity contribution in [2.24, 2.45) is 17.8 Å². The van der Waals surface area contributed by atoms with Crippen molar-refractivity contribution in [3.8, 4) is 0 Å². The Labute approximate surface area is 141 Å². The molecule has 3 fully saturated rings. The summed E-state index contributed by atoms with van der Waals surface area (Å²) >= 11 is 12.5. The number of likely N-dealkylation sites (tertiary alicyclic amines) is 1. The fourth-order valence-electron chi connectivity index (χ4n) is 4.85. The number of benzene rings is 1. The molecule has 1 aromatic carbocycles. The Morgan fingerprint density at radius 3 is 2.50 bits per heavy atom. The Morgan fingerprint density at radius 2 is 1.86 bits per heavy atom. The standard InChI is InChI=1S/C18H21Cl2NO/c19-15-2-1-3-16(20)14(15)10-13-6-7-21(18(13)22)17-9-11-4-5-12(17)8-11/h1-3,11-13,17H,4-10H2/t11-,12-,13?,17-/m1/s1. The summed E-state index contributed by atoms with van der Waals surface area (Å²) in [7, 11) is 0. The van der Waals surface area contributed by atoms with Crippen molar-refractivity contribution in [1.82, 2.24) is 4.90 Å². The van der Waals surface area contributed by atoms with Gasteiger partial charge in [-0.15, -0.1) is 0 Å². The Bertz CT molecular complexity index is 582. The van der Waals surface area contributed by atoms with Crippen LogP contribution in [0.3, 0.4) is 0 Å². The average molecular weight is 338 g/mol. The molecule has 3 aliphatic rings. The first-order valence-corrected chi connectivity index (χ1v) is 9.12. The molecule has 1 amide bonds. The van der Waals surface area contributed by atoms with Crippen LogP contribution >= 0.6 is 23.2 Å². The van der Waals surface area contributed by atoms with Crippen LogP contribution in [0.1, 0.15) is 37.7 Å². The third kappa shape index (κ3) is 2.45. The lowest BCUT2D eigenvalue weighted by Crippen LogP contribution is -2.41. The zero-order valence-corrected chi connectivity index (χ0v) is 14.1. The van der Waals surface area contributed by atoms with Gasteiger partial charge in [-0.25, -0.2) is 0 Å². The lowest BCUT2D eigenvalue weighted by Gasteiger charge is -2.31. The van der Waals surface area contributed by atoms with Gasteiger partial charge in [0.05, 0.1) is 0 Å². The number of hydrogen-bond acceptors (Lipinski definition) is 1. The second kappa shape index (κ2) is 5.72. The smallest absolute Gasteiger partial charge is 0.226 e. The SMILES string of the molecule is O=C1C(Cc2c(Cl)cccc2Cl)CCN1[C@@H]1C[C@@H]2CC[C@@H]1C2. The van der Waals surface area contributed by atoms with Crippen LogP contribution in [0.5, 0.6) is 0 Å². The van der Waals surface area contributed by atoms with Crippen molar-refractivity contribution in [3.63, 3.8) is 0 Å². The molecule has 2 bridgehead atoms. The van der Waals surface area contributed by atoms with Gasteiger partial charge in [0, 0.05) is 28.5 Å². The number of fused-ring (bicyclic) bond motifs is 2. The molecule has 1 unspecified atom stereocenters. The molecule has 2 saturated carbocycles. The molecule has 22 heavy (non-hydrogen) atoms. The number of hydrogen-bond donors (Lipinski definition) is 0. The molecule has 2 nitrogen and oxygen atoms in total. The van der Waals surface area contributed by atoms with Gasteiger partial charge in [-0.3, -0.25) is 4.79 Å². The van der Waals surface area contributed by atoms with E-state index in [-0.39, 0.29) is 5.92 Å². The van der Waals surface area contributed by atoms with E-state index >= 15 is 0 Å². The molecule has 1 heterocycles. The fraction of sp³-hybridized carbons (Fsp3) is 0.611. The molecule has 1 aromatic rings. The van der Waals surface area contributed by atoms with E-state index < -0.39 is 0 Å². The van der Waals surface area contributed by atoms with E-state index in [9.17, 15) is 4.79 Å². The van der Waals surface area contributed by atoms with Gasteiger partial charge in [-0.1, -0.05) is 35.7 Å². The molecular weight excluding hydrogens is 317 g/mol. The van der Waals surface area contributed by atoms with E-state index in [1.807, 2.05) is 18.2 Å². The van der Waals surface area contributed by atoms with Crippen molar-refractivity contribution in [2.45, 2.75) is 44.6 Å². The van der Waals surface area contributed by atoms with E-state index in [2.05, 4.69) is 4.90 Å². The number of carbonyl (C=O) groups excluding carboxylic acids is 1. The first-order chi connectivity index (χ1) is 10.6. The highest BCUT2D eigenvalue weighted by Gasteiger charge is 2.46. The van der Waals surface area contributed by atoms with Crippen molar-refractivity contribution in [2.75, 3.05) is 6.54 Å². The maximum absolute atomic E-state index is 12.8. The van der Waals surface area contributed by atoms with E-state index in [1.54, 1.807) is 0 Å². The van der Waals surface area contributed by atoms with Crippen molar-refractivity contribution in [3.05, 3.63) is 33.8 Å². The van der Waals surface area contributed by atoms with Crippen molar-refractivity contribution >= 4 is 29.1 Å². The first kappa shape index (κ1) is 14.8. The predicted molar refractivity (Wildman–Crippen MR) is 89.2 cm³/mol. The predicted octanol–water partition coefficient (Wildman–Crippen LogP) is 4.57. The molecule has 0 N–H and O–H groups in total. The van der Waals surface area contributed by atoms with Crippen LogP contribution in [0.4, 0.5) is 0 Å². The fourth-order valence-corrected chi connectivity index (χ4v) is 5.40. The lowest BCUT2D eigenvalue weighted by molar-refractivity contribution is -0.133. The summed E-state index contributed by atoms with van der Waals surface area (Å²) in [5.41, 5.74) is 0.930. The second-order valence-corrected chi connectivity index (χ2v) is 7.98. The van der Waals surface area contributed by atoms with E-state index in [4.69, 9.17) is 23.2 Å². The van der Waals surface area contributed by atoms with Crippen LogP contribution in [-0.2, 0) is 11.2 Å². The molecule has 0 radical (unpaired) electrons. The number of carbonyl (C=O) groups is 1. The summed E-state index contributed by atoms with van der Waals surface area (Å²) in [5, 5.41) is 1.36. The van der Waals surface area contributed by atoms with Gasteiger partial charge in [0.25, 0.3) is 0 Å². The maximum Gasteiger partial charge on any atom is 0.226 e. The summed E-state index contributed by atoms with van der Waals surface area (Å²) in [5.74, 6) is 2.02. The van der Waals surface area contributed by atoms with E-state index in [0.29, 0.717) is 28.4 Å². The summed E-state index contributed by atoms with van der Waals surface area (Å²) < 4.78 is 0. The van der Waals surface area contributed by atoms with Gasteiger partial charge in [0.2, 0.25) is 5.91 Å². The molecule has 0 aromatic heterocycles. The highest BCUT2D eigenvalue weighted by Crippen LogP contribution is 2.48. The third-order valence-electron chi connectivity index (χ3n) is 5.96. The molecule has 1 saturated heterocycles. The first-order valence-electron chi connectivity index (χ1n) is 8.37. The van der Waals surface area contributed by atoms with Crippen LogP contribution in [-0.4, -0.2) is 23.4 Å². The van der Waals surface area contributed by atoms with Gasteiger partial charge < -0.3 is 4.90 Å². The normalized spacial score (nSPS) is 33.9. The highest BCUT2D eigenvalue weighted by molar-refractivity contribution is 6.36. The lowest BCUT2D eigenvalue weighted by atomic mass is 9.93. The molecule has 4 heteroatoms. The van der Waals surface area contributed by atoms with Crippen LogP contribution in [0, 0.1) is 17.8 Å². The van der Waals surface area contributed by atoms with Gasteiger partial charge in [0.1, 0.15) is 0 Å². The summed E-state index contributed by atoms with van der Waals surface area (Å²) in [6.45, 7) is 0.916. The maximum atomic E-state index is 12.8. The number of nitrogens with zero attached hydrogens (tertiary/aromatic N) is 1. The minimum Gasteiger partial charge on any atom is -0.339 e. The number of amides is 1. The Kier molecular flexibility index (Phi) is 3.86. The molecular formula is C18H21Cl2NO. The minimum absolute atomic E-state index is 0.0523. The third-order valence-corrected chi connectivity index (χ3v) is 6.67. The van der Waals surface area contributed by atoms with Crippen molar-refractivity contribution < 1.29 is 4.79 Å². The van der Waals surface area contributed by atoms with Crippen LogP contribution < -0.4 is 0 Å². The molecule has 1 aliphatic heterocycles. The van der Waals surface area contributed by atoms with Crippen molar-refractivity contribution in [1.29, 1.82) is 0 Å². The number of rotatable bonds is 3. The minimum atomic E-state index is 0.0523. The monoisotopic (exact) mass is 337 g/mol. The van der Waals surface area contributed by atoms with Gasteiger partial charge in [0.15, 0.2) is 0 Å². The quantitative estimate of drug-likeness (QED) is 0.790. The molecule has 4 atom stereocenters. The van der Waals surface area contributed by atoms with Gasteiger partial charge in [-0.05, 0) is 61.6 Å². The molecule has 4 rings (SSSR count). The van der Waals surface area contributed by atoms with E-state index in [1.165, 1.54) is 25.7 Å². The Balaban J connectivity index is 1.48. The largest absolute Gasteiger partial charge is 0.339 e.